The molecule has 184 valence electrons. The van der Waals surface area contributed by atoms with Gasteiger partial charge in [-0.25, -0.2) is 4.79 Å². The van der Waals surface area contributed by atoms with Crippen molar-refractivity contribution in [1.82, 2.24) is 0 Å². The zero-order chi connectivity index (χ0) is 24.0. The van der Waals surface area contributed by atoms with E-state index in [1.807, 2.05) is 6.92 Å². The number of esters is 2. The maximum absolute atomic E-state index is 10.8. The first-order chi connectivity index (χ1) is 15.0. The summed E-state index contributed by atoms with van der Waals surface area (Å²) in [5, 5.41) is 8.42. The van der Waals surface area contributed by atoms with Crippen molar-refractivity contribution in [2.75, 3.05) is 20.3 Å². The summed E-state index contributed by atoms with van der Waals surface area (Å²) in [5.74, 6) is 4.63. The van der Waals surface area contributed by atoms with Gasteiger partial charge in [0.2, 0.25) is 0 Å². The minimum Gasteiger partial charge on any atom is -0.466 e. The van der Waals surface area contributed by atoms with E-state index in [-0.39, 0.29) is 5.97 Å². The molecule has 0 spiro atoms. The number of carbonyl (C=O) groups excluding carboxylic acids is 2. The summed E-state index contributed by atoms with van der Waals surface area (Å²) in [5.41, 5.74) is 0. The van der Waals surface area contributed by atoms with Gasteiger partial charge in [0.25, 0.3) is 0 Å². The van der Waals surface area contributed by atoms with E-state index in [1.54, 1.807) is 0 Å². The fourth-order valence-corrected chi connectivity index (χ4v) is 2.47. The lowest BCUT2D eigenvalue weighted by Crippen LogP contribution is -2.02. The molecule has 0 radical (unpaired) electrons. The summed E-state index contributed by atoms with van der Waals surface area (Å²) in [6.45, 7) is 9.22. The smallest absolute Gasteiger partial charge is 0.384 e. The lowest BCUT2D eigenvalue weighted by atomic mass is 10.1. The van der Waals surface area contributed by atoms with Gasteiger partial charge < -0.3 is 14.6 Å². The number of methoxy groups -OCH3 is 1. The van der Waals surface area contributed by atoms with Crippen molar-refractivity contribution in [1.29, 1.82) is 0 Å². The van der Waals surface area contributed by atoms with Gasteiger partial charge >= 0.3 is 11.9 Å². The predicted molar refractivity (Wildman–Crippen MR) is 130 cm³/mol. The van der Waals surface area contributed by atoms with Crippen LogP contribution in [-0.4, -0.2) is 37.4 Å². The van der Waals surface area contributed by atoms with Crippen molar-refractivity contribution < 1.29 is 24.2 Å². The molecule has 5 nitrogen and oxygen atoms in total. The molecule has 0 saturated heterocycles. The molecular formula is C26H50O5. The molecule has 0 unspecified atom stereocenters. The van der Waals surface area contributed by atoms with Crippen molar-refractivity contribution in [2.24, 2.45) is 0 Å². The maximum atomic E-state index is 10.8. The Balaban J connectivity index is -0.000000382. The Hall–Kier alpha value is -1.54. The maximum Gasteiger partial charge on any atom is 0.384 e. The molecule has 31 heavy (non-hydrogen) atoms. The van der Waals surface area contributed by atoms with Gasteiger partial charge in [0.15, 0.2) is 0 Å². The lowest BCUT2D eigenvalue weighted by Gasteiger charge is -2.00. The zero-order valence-corrected chi connectivity index (χ0v) is 21.1. The highest BCUT2D eigenvalue weighted by molar-refractivity contribution is 5.88. The Morgan fingerprint density at radius 2 is 1.26 bits per heavy atom. The molecule has 0 aliphatic rings. The second-order valence-electron chi connectivity index (χ2n) is 7.36. The fourth-order valence-electron chi connectivity index (χ4n) is 2.47. The highest BCUT2D eigenvalue weighted by atomic mass is 16.5. The van der Waals surface area contributed by atoms with E-state index >= 15 is 0 Å². The third-order valence-electron chi connectivity index (χ3n) is 4.33. The van der Waals surface area contributed by atoms with E-state index in [0.717, 1.165) is 32.1 Å². The number of hydrogen-bond acceptors (Lipinski definition) is 5. The van der Waals surface area contributed by atoms with Crippen LogP contribution in [0.2, 0.25) is 0 Å². The SMILES string of the molecule is CCCCCC#CC(=O)OC.CCCCCCC(=O)OCC.CCCCCCCCO. The molecule has 0 aromatic rings. The first-order valence-corrected chi connectivity index (χ1v) is 12.4. The van der Waals surface area contributed by atoms with Crippen LogP contribution in [0.1, 0.15) is 124 Å². The highest BCUT2D eigenvalue weighted by Crippen LogP contribution is 2.04. The van der Waals surface area contributed by atoms with Gasteiger partial charge in [-0.3, -0.25) is 4.79 Å². The van der Waals surface area contributed by atoms with Crippen LogP contribution in [0, 0.1) is 11.8 Å². The van der Waals surface area contributed by atoms with E-state index in [1.165, 1.54) is 64.9 Å². The molecule has 5 heteroatoms. The monoisotopic (exact) mass is 442 g/mol. The van der Waals surface area contributed by atoms with E-state index in [2.05, 4.69) is 37.3 Å². The number of carbonyl (C=O) groups is 2. The first kappa shape index (κ1) is 34.1. The van der Waals surface area contributed by atoms with Gasteiger partial charge in [0.05, 0.1) is 13.7 Å². The van der Waals surface area contributed by atoms with E-state index in [0.29, 0.717) is 19.6 Å². The number of ether oxygens (including phenoxy) is 2. The summed E-state index contributed by atoms with van der Waals surface area (Å²) in [4.78, 5) is 21.2. The molecule has 0 aliphatic carbocycles. The number of aliphatic hydroxyl groups is 1. The quantitative estimate of drug-likeness (QED) is 0.134. The van der Waals surface area contributed by atoms with Crippen LogP contribution in [0.4, 0.5) is 0 Å². The van der Waals surface area contributed by atoms with Gasteiger partial charge in [-0.15, -0.1) is 0 Å². The van der Waals surface area contributed by atoms with E-state index in [9.17, 15) is 9.59 Å². The normalized spacial score (nSPS) is 9.23. The van der Waals surface area contributed by atoms with Crippen molar-refractivity contribution >= 4 is 11.9 Å². The van der Waals surface area contributed by atoms with Crippen LogP contribution >= 0.6 is 0 Å². The average Bonchev–Trinajstić information content (AvgIpc) is 2.77. The van der Waals surface area contributed by atoms with Crippen LogP contribution < -0.4 is 0 Å². The standard InChI is InChI=1S/C9H14O2.C9H18O2.C8H18O/c1-3-4-5-6-7-8-9(10)11-2;1-3-5-6-7-8-9(10)11-4-2;1-2-3-4-5-6-7-8-9/h3-6H2,1-2H3;3-8H2,1-2H3;9H,2-8H2,1H3. The van der Waals surface area contributed by atoms with Crippen molar-refractivity contribution in [2.45, 2.75) is 124 Å². The molecule has 0 rings (SSSR count). The number of unbranched alkanes of at least 4 members (excludes halogenated alkanes) is 11. The number of hydrogen-bond donors (Lipinski definition) is 1. The molecule has 0 fully saturated rings. The molecular weight excluding hydrogens is 392 g/mol. The van der Waals surface area contributed by atoms with E-state index < -0.39 is 5.97 Å². The van der Waals surface area contributed by atoms with Gasteiger partial charge in [-0.2, -0.15) is 0 Å². The van der Waals surface area contributed by atoms with Crippen molar-refractivity contribution in [3.8, 4) is 11.8 Å². The summed E-state index contributed by atoms with van der Waals surface area (Å²) in [7, 11) is 1.34. The van der Waals surface area contributed by atoms with Gasteiger partial charge in [0.1, 0.15) is 0 Å². The molecule has 0 aliphatic heterocycles. The Bertz CT molecular complexity index is 417. The van der Waals surface area contributed by atoms with E-state index in [4.69, 9.17) is 9.84 Å². The topological polar surface area (TPSA) is 72.8 Å². The van der Waals surface area contributed by atoms with Gasteiger partial charge in [-0.05, 0) is 26.2 Å². The lowest BCUT2D eigenvalue weighted by molar-refractivity contribution is -0.143. The third kappa shape index (κ3) is 39.5. The highest BCUT2D eigenvalue weighted by Gasteiger charge is 1.99. The Kier molecular flexibility index (Phi) is 36.4. The van der Waals surface area contributed by atoms with Crippen LogP contribution in [0.3, 0.4) is 0 Å². The van der Waals surface area contributed by atoms with Crippen LogP contribution in [0.5, 0.6) is 0 Å². The Morgan fingerprint density at radius 3 is 1.77 bits per heavy atom. The first-order valence-electron chi connectivity index (χ1n) is 12.4. The Labute approximate surface area is 192 Å². The molecule has 0 aromatic heterocycles. The third-order valence-corrected chi connectivity index (χ3v) is 4.33. The molecule has 0 heterocycles. The molecule has 0 bridgehead atoms. The minimum atomic E-state index is -0.443. The molecule has 0 amide bonds. The van der Waals surface area contributed by atoms with Crippen LogP contribution in [0.25, 0.3) is 0 Å². The fraction of sp³-hybridized carbons (Fsp3) is 0.846. The average molecular weight is 443 g/mol. The number of rotatable bonds is 15. The minimum absolute atomic E-state index is 0.0522. The summed E-state index contributed by atoms with van der Waals surface area (Å²) < 4.78 is 9.13. The number of aliphatic hydroxyl groups excluding tert-OH is 1. The summed E-state index contributed by atoms with van der Waals surface area (Å²) in [6.07, 6.45) is 16.9. The summed E-state index contributed by atoms with van der Waals surface area (Å²) >= 11 is 0. The summed E-state index contributed by atoms with van der Waals surface area (Å²) in [6, 6.07) is 0. The second kappa shape index (κ2) is 33.1. The zero-order valence-electron chi connectivity index (χ0n) is 21.1. The molecule has 1 N–H and O–H groups in total. The molecule has 0 atom stereocenters. The Morgan fingerprint density at radius 1 is 0.742 bits per heavy atom. The van der Waals surface area contributed by atoms with Crippen LogP contribution in [0.15, 0.2) is 0 Å². The predicted octanol–water partition coefficient (Wildman–Crippen LogP) is 6.60. The molecule has 0 aromatic carbocycles. The van der Waals surface area contributed by atoms with Crippen molar-refractivity contribution in [3.05, 3.63) is 0 Å². The van der Waals surface area contributed by atoms with Gasteiger partial charge in [0, 0.05) is 25.4 Å². The van der Waals surface area contributed by atoms with Crippen LogP contribution in [-0.2, 0) is 19.1 Å². The van der Waals surface area contributed by atoms with Crippen molar-refractivity contribution in [3.63, 3.8) is 0 Å². The second-order valence-corrected chi connectivity index (χ2v) is 7.36. The molecule has 0 saturated carbocycles. The van der Waals surface area contributed by atoms with Gasteiger partial charge in [-0.1, -0.05) is 90.9 Å². The largest absolute Gasteiger partial charge is 0.466 e.